The number of hydrogen-bond donors (Lipinski definition) is 0. The zero-order chi connectivity index (χ0) is 12.5. The van der Waals surface area contributed by atoms with E-state index in [4.69, 9.17) is 11.6 Å². The maximum atomic E-state index is 12.4. The van der Waals surface area contributed by atoms with Crippen molar-refractivity contribution in [3.8, 4) is 0 Å². The van der Waals surface area contributed by atoms with Gasteiger partial charge in [0.1, 0.15) is 5.15 Å². The smallest absolute Gasteiger partial charge is 0.249 e. The molecule has 90 valence electrons. The number of aromatic nitrogens is 3. The Morgan fingerprint density at radius 2 is 2.06 bits per heavy atom. The van der Waals surface area contributed by atoms with E-state index in [-0.39, 0.29) is 17.3 Å². The summed E-state index contributed by atoms with van der Waals surface area (Å²) in [4.78, 5) is 10.5. The molecule has 2 aromatic rings. The lowest BCUT2D eigenvalue weighted by molar-refractivity contribution is -0.145. The van der Waals surface area contributed by atoms with Crippen molar-refractivity contribution in [2.75, 3.05) is 0 Å². The molecule has 0 N–H and O–H groups in total. The van der Waals surface area contributed by atoms with Crippen LogP contribution in [-0.4, -0.2) is 15.0 Å². The zero-order valence-electron chi connectivity index (χ0n) is 8.20. The molecule has 0 saturated heterocycles. The van der Waals surface area contributed by atoms with Gasteiger partial charge in [-0.05, 0) is 6.07 Å². The van der Waals surface area contributed by atoms with Crippen LogP contribution in [0.4, 0.5) is 13.2 Å². The Morgan fingerprint density at radius 3 is 2.65 bits per heavy atom. The van der Waals surface area contributed by atoms with Crippen molar-refractivity contribution in [2.24, 2.45) is 0 Å². The molecule has 2 aromatic heterocycles. The van der Waals surface area contributed by atoms with Crippen LogP contribution in [0.1, 0.15) is 16.5 Å². The summed E-state index contributed by atoms with van der Waals surface area (Å²) in [5.74, 6) is -1.23. The number of thiazole rings is 1. The summed E-state index contributed by atoms with van der Waals surface area (Å²) in [6.07, 6.45) is -2.81. The number of alkyl halides is 3. The molecule has 0 spiro atoms. The molecule has 17 heavy (non-hydrogen) atoms. The standard InChI is InChI=1S/C9H5ClF3N3S/c10-6-3-5(4-7-14-1-2-17-7)15-8(16-6)9(11,12)13/h1-3H,4H2. The van der Waals surface area contributed by atoms with Crippen LogP contribution >= 0.6 is 22.9 Å². The number of rotatable bonds is 2. The largest absolute Gasteiger partial charge is 0.451 e. The summed E-state index contributed by atoms with van der Waals surface area (Å²) >= 11 is 6.87. The number of nitrogens with zero attached hydrogens (tertiary/aromatic N) is 3. The normalized spacial score (nSPS) is 11.8. The van der Waals surface area contributed by atoms with E-state index >= 15 is 0 Å². The van der Waals surface area contributed by atoms with E-state index in [1.165, 1.54) is 17.4 Å². The van der Waals surface area contributed by atoms with Crippen LogP contribution in [0.15, 0.2) is 17.6 Å². The minimum Gasteiger partial charge on any atom is -0.249 e. The van der Waals surface area contributed by atoms with Gasteiger partial charge in [0.15, 0.2) is 0 Å². The molecular weight excluding hydrogens is 275 g/mol. The molecule has 0 unspecified atom stereocenters. The lowest BCUT2D eigenvalue weighted by Gasteiger charge is -2.06. The maximum Gasteiger partial charge on any atom is 0.451 e. The molecule has 0 fully saturated rings. The third kappa shape index (κ3) is 3.13. The van der Waals surface area contributed by atoms with Crippen LogP contribution < -0.4 is 0 Å². The molecule has 3 nitrogen and oxygen atoms in total. The third-order valence-electron chi connectivity index (χ3n) is 1.82. The number of hydrogen-bond acceptors (Lipinski definition) is 4. The molecule has 0 atom stereocenters. The Hall–Kier alpha value is -1.21. The predicted octanol–water partition coefficient (Wildman–Crippen LogP) is 3.20. The summed E-state index contributed by atoms with van der Waals surface area (Å²) in [5, 5.41) is 2.19. The van der Waals surface area contributed by atoms with Crippen LogP contribution in [0.2, 0.25) is 5.15 Å². The lowest BCUT2D eigenvalue weighted by Crippen LogP contribution is -2.12. The fourth-order valence-electron chi connectivity index (χ4n) is 1.18. The van der Waals surface area contributed by atoms with Gasteiger partial charge in [-0.1, -0.05) is 11.6 Å². The molecule has 0 amide bonds. The molecule has 0 aliphatic rings. The van der Waals surface area contributed by atoms with E-state index in [0.717, 1.165) is 0 Å². The van der Waals surface area contributed by atoms with Crippen LogP contribution in [0.25, 0.3) is 0 Å². The monoisotopic (exact) mass is 279 g/mol. The first kappa shape index (κ1) is 12.3. The van der Waals surface area contributed by atoms with Gasteiger partial charge in [0.25, 0.3) is 0 Å². The Labute approximate surface area is 103 Å². The average Bonchev–Trinajstić information content (AvgIpc) is 2.68. The van der Waals surface area contributed by atoms with Crippen LogP contribution in [0.3, 0.4) is 0 Å². The fourth-order valence-corrected chi connectivity index (χ4v) is 2.01. The summed E-state index contributed by atoms with van der Waals surface area (Å²) in [6, 6.07) is 1.30. The highest BCUT2D eigenvalue weighted by Crippen LogP contribution is 2.27. The molecule has 2 heterocycles. The van der Waals surface area contributed by atoms with Crippen molar-refractivity contribution >= 4 is 22.9 Å². The van der Waals surface area contributed by atoms with Crippen molar-refractivity contribution in [1.29, 1.82) is 0 Å². The molecule has 2 rings (SSSR count). The predicted molar refractivity (Wildman–Crippen MR) is 57.0 cm³/mol. The van der Waals surface area contributed by atoms with E-state index in [1.807, 2.05) is 0 Å². The van der Waals surface area contributed by atoms with Crippen LogP contribution in [0.5, 0.6) is 0 Å². The molecule has 0 saturated carbocycles. The minimum absolute atomic E-state index is 0.201. The van der Waals surface area contributed by atoms with E-state index in [9.17, 15) is 13.2 Å². The van der Waals surface area contributed by atoms with Crippen molar-refractivity contribution in [3.63, 3.8) is 0 Å². The first-order valence-corrected chi connectivity index (χ1v) is 5.70. The van der Waals surface area contributed by atoms with Gasteiger partial charge < -0.3 is 0 Å². The van der Waals surface area contributed by atoms with E-state index < -0.39 is 12.0 Å². The first-order chi connectivity index (χ1) is 7.95. The lowest BCUT2D eigenvalue weighted by atomic mass is 10.3. The third-order valence-corrected chi connectivity index (χ3v) is 2.79. The molecule has 0 aromatic carbocycles. The summed E-state index contributed by atoms with van der Waals surface area (Å²) in [5.41, 5.74) is 0.201. The number of halogens is 4. The summed E-state index contributed by atoms with van der Waals surface area (Å²) < 4.78 is 37.3. The maximum absolute atomic E-state index is 12.4. The topological polar surface area (TPSA) is 38.7 Å². The SMILES string of the molecule is FC(F)(F)c1nc(Cl)cc(Cc2nccs2)n1. The molecule has 0 aliphatic heterocycles. The van der Waals surface area contributed by atoms with Crippen LogP contribution in [-0.2, 0) is 12.6 Å². The van der Waals surface area contributed by atoms with Crippen LogP contribution in [0, 0.1) is 0 Å². The second kappa shape index (κ2) is 4.58. The molecule has 0 aliphatic carbocycles. The van der Waals surface area contributed by atoms with Gasteiger partial charge >= 0.3 is 6.18 Å². The minimum atomic E-state index is -4.59. The molecular formula is C9H5ClF3N3S. The fraction of sp³-hybridized carbons (Fsp3) is 0.222. The Bertz CT molecular complexity index is 513. The molecule has 0 radical (unpaired) electrons. The quantitative estimate of drug-likeness (QED) is 0.793. The highest BCUT2D eigenvalue weighted by Gasteiger charge is 2.35. The van der Waals surface area contributed by atoms with Crippen molar-refractivity contribution in [3.05, 3.63) is 39.3 Å². The molecule has 0 bridgehead atoms. The van der Waals surface area contributed by atoms with Gasteiger partial charge in [0.2, 0.25) is 5.82 Å². The highest BCUT2D eigenvalue weighted by atomic mass is 35.5. The summed E-state index contributed by atoms with van der Waals surface area (Å²) in [6.45, 7) is 0. The van der Waals surface area contributed by atoms with E-state index in [1.54, 1.807) is 11.6 Å². The summed E-state index contributed by atoms with van der Waals surface area (Å²) in [7, 11) is 0. The van der Waals surface area contributed by atoms with Crippen molar-refractivity contribution < 1.29 is 13.2 Å². The van der Waals surface area contributed by atoms with Gasteiger partial charge in [-0.15, -0.1) is 11.3 Å². The second-order valence-electron chi connectivity index (χ2n) is 3.11. The van der Waals surface area contributed by atoms with Gasteiger partial charge in [-0.2, -0.15) is 13.2 Å². The first-order valence-electron chi connectivity index (χ1n) is 4.44. The average molecular weight is 280 g/mol. The Morgan fingerprint density at radius 1 is 1.29 bits per heavy atom. The van der Waals surface area contributed by atoms with E-state index in [0.29, 0.717) is 5.01 Å². The van der Waals surface area contributed by atoms with Crippen molar-refractivity contribution in [1.82, 2.24) is 15.0 Å². The Kier molecular flexibility index (Phi) is 3.30. The zero-order valence-corrected chi connectivity index (χ0v) is 9.77. The second-order valence-corrected chi connectivity index (χ2v) is 4.47. The van der Waals surface area contributed by atoms with E-state index in [2.05, 4.69) is 15.0 Å². The van der Waals surface area contributed by atoms with Gasteiger partial charge in [-0.3, -0.25) is 0 Å². The van der Waals surface area contributed by atoms with Gasteiger partial charge in [0, 0.05) is 18.0 Å². The van der Waals surface area contributed by atoms with Crippen molar-refractivity contribution in [2.45, 2.75) is 12.6 Å². The Balaban J connectivity index is 2.32. The van der Waals surface area contributed by atoms with Gasteiger partial charge in [-0.25, -0.2) is 15.0 Å². The highest BCUT2D eigenvalue weighted by molar-refractivity contribution is 7.09. The molecule has 8 heteroatoms. The van der Waals surface area contributed by atoms with Gasteiger partial charge in [0.05, 0.1) is 10.7 Å².